The maximum absolute atomic E-state index is 12.5. The number of rotatable bonds is 8. The third-order valence-electron chi connectivity index (χ3n) is 7.05. The molecule has 15 heteroatoms. The smallest absolute Gasteiger partial charge is 0.330 e. The Morgan fingerprint density at radius 1 is 0.842 bits per heavy atom. The SMILES string of the molecule is Cc1cn([C@@H]2C[C@@H](CNC(=O)NC[C@H]3C[C@H](n4cc(C)c(=O)[nH]c4=O)O[C@@H]3CO)[C@H](CO)O2)c(=O)[nH]c1=O. The molecule has 0 spiro atoms. The normalized spacial score (nSPS) is 26.9. The molecule has 208 valence electrons. The Morgan fingerprint density at radius 3 is 1.61 bits per heavy atom. The number of aryl methyl sites for hydroxylation is 2. The van der Waals surface area contributed by atoms with Crippen molar-refractivity contribution >= 4 is 6.03 Å². The molecule has 2 fully saturated rings. The fraction of sp³-hybridized carbons (Fsp3) is 0.609. The maximum Gasteiger partial charge on any atom is 0.330 e. The van der Waals surface area contributed by atoms with Gasteiger partial charge in [-0.15, -0.1) is 0 Å². The largest absolute Gasteiger partial charge is 0.394 e. The minimum atomic E-state index is -0.706. The van der Waals surface area contributed by atoms with E-state index in [0.717, 1.165) is 0 Å². The van der Waals surface area contributed by atoms with Crippen molar-refractivity contribution in [2.75, 3.05) is 26.3 Å². The van der Waals surface area contributed by atoms with Crippen LogP contribution in [0.2, 0.25) is 0 Å². The zero-order valence-electron chi connectivity index (χ0n) is 21.0. The molecule has 2 aromatic heterocycles. The van der Waals surface area contributed by atoms with Crippen molar-refractivity contribution in [2.45, 2.75) is 51.4 Å². The van der Waals surface area contributed by atoms with Gasteiger partial charge in [0, 0.05) is 48.4 Å². The molecule has 2 aromatic rings. The van der Waals surface area contributed by atoms with Crippen LogP contribution in [0.25, 0.3) is 0 Å². The molecule has 38 heavy (non-hydrogen) atoms. The van der Waals surface area contributed by atoms with E-state index in [1.807, 2.05) is 0 Å². The maximum atomic E-state index is 12.5. The number of amides is 2. The lowest BCUT2D eigenvalue weighted by Crippen LogP contribution is -2.43. The predicted molar refractivity (Wildman–Crippen MR) is 132 cm³/mol. The average molecular weight is 537 g/mol. The minimum Gasteiger partial charge on any atom is -0.394 e. The van der Waals surface area contributed by atoms with Crippen molar-refractivity contribution in [3.8, 4) is 0 Å². The van der Waals surface area contributed by atoms with Crippen LogP contribution in [0.15, 0.2) is 31.6 Å². The number of carbonyl (C=O) groups excluding carboxylic acids is 1. The lowest BCUT2D eigenvalue weighted by molar-refractivity contribution is -0.0326. The Labute approximate surface area is 215 Å². The summed E-state index contributed by atoms with van der Waals surface area (Å²) in [5, 5.41) is 24.9. The van der Waals surface area contributed by atoms with Crippen LogP contribution >= 0.6 is 0 Å². The van der Waals surface area contributed by atoms with E-state index in [9.17, 15) is 34.2 Å². The van der Waals surface area contributed by atoms with Gasteiger partial charge in [-0.3, -0.25) is 28.7 Å². The van der Waals surface area contributed by atoms with Gasteiger partial charge in [0.2, 0.25) is 0 Å². The van der Waals surface area contributed by atoms with Crippen LogP contribution in [0.5, 0.6) is 0 Å². The standard InChI is InChI=1S/C23H32N6O9/c1-11-7-28(22(35)26-19(11)32)17-3-13(15(9-30)37-17)5-24-21(34)25-6-14-4-18(38-16(14)10-31)29-8-12(2)20(33)27-23(29)36/h7-8,13-18,30-31H,3-6,9-10H2,1-2H3,(H2,24,25,34)(H,26,32,35)(H,27,33,36)/t13-,14+,15-,16+,17-,18+. The van der Waals surface area contributed by atoms with E-state index in [0.29, 0.717) is 24.0 Å². The molecule has 4 rings (SSSR count). The number of hydrogen-bond acceptors (Lipinski definition) is 9. The first-order valence-electron chi connectivity index (χ1n) is 12.3. The van der Waals surface area contributed by atoms with E-state index >= 15 is 0 Å². The number of aliphatic hydroxyl groups is 2. The molecule has 0 aliphatic carbocycles. The van der Waals surface area contributed by atoms with Crippen molar-refractivity contribution in [2.24, 2.45) is 11.8 Å². The van der Waals surface area contributed by atoms with Crippen molar-refractivity contribution in [3.63, 3.8) is 0 Å². The minimum absolute atomic E-state index is 0.157. The van der Waals surface area contributed by atoms with E-state index in [-0.39, 0.29) is 38.1 Å². The number of hydrogen-bond donors (Lipinski definition) is 6. The second-order valence-electron chi connectivity index (χ2n) is 9.66. The zero-order chi connectivity index (χ0) is 27.6. The van der Waals surface area contributed by atoms with Crippen LogP contribution in [-0.2, 0) is 9.47 Å². The predicted octanol–water partition coefficient (Wildman–Crippen LogP) is -2.21. The third-order valence-corrected chi connectivity index (χ3v) is 7.05. The fourth-order valence-corrected chi connectivity index (χ4v) is 4.84. The highest BCUT2D eigenvalue weighted by Crippen LogP contribution is 2.33. The highest BCUT2D eigenvalue weighted by Gasteiger charge is 2.38. The Hall–Kier alpha value is -3.53. The molecular formula is C23H32N6O9. The summed E-state index contributed by atoms with van der Waals surface area (Å²) in [5.41, 5.74) is -1.53. The van der Waals surface area contributed by atoms with E-state index in [2.05, 4.69) is 20.6 Å². The van der Waals surface area contributed by atoms with Crippen molar-refractivity contribution in [1.82, 2.24) is 29.7 Å². The Balaban J connectivity index is 1.31. The molecule has 0 unspecified atom stereocenters. The van der Waals surface area contributed by atoms with Gasteiger partial charge in [-0.05, 0) is 26.7 Å². The number of nitrogens with one attached hydrogen (secondary N) is 4. The number of ether oxygens (including phenoxy) is 2. The fourth-order valence-electron chi connectivity index (χ4n) is 4.84. The molecule has 0 aromatic carbocycles. The summed E-state index contributed by atoms with van der Waals surface area (Å²) in [7, 11) is 0. The lowest BCUT2D eigenvalue weighted by atomic mass is 10.0. The van der Waals surface area contributed by atoms with Crippen LogP contribution in [0.4, 0.5) is 4.79 Å². The molecule has 0 saturated carbocycles. The summed E-state index contributed by atoms with van der Waals surface area (Å²) in [6.45, 7) is 2.81. The molecule has 2 aliphatic heterocycles. The van der Waals surface area contributed by atoms with E-state index < -0.39 is 53.2 Å². The summed E-state index contributed by atoms with van der Waals surface area (Å²) in [5.74, 6) is -0.593. The number of carbonyl (C=O) groups is 1. The topological polar surface area (TPSA) is 210 Å². The molecule has 15 nitrogen and oxygen atoms in total. The number of nitrogens with zero attached hydrogens (tertiary/aromatic N) is 2. The highest BCUT2D eigenvalue weighted by molar-refractivity contribution is 5.73. The number of aromatic amines is 2. The van der Waals surface area contributed by atoms with E-state index in [4.69, 9.17) is 9.47 Å². The molecular weight excluding hydrogens is 504 g/mol. The van der Waals surface area contributed by atoms with Crippen LogP contribution in [0.3, 0.4) is 0 Å². The van der Waals surface area contributed by atoms with Gasteiger partial charge in [0.15, 0.2) is 0 Å². The van der Waals surface area contributed by atoms with E-state index in [1.165, 1.54) is 21.5 Å². The van der Waals surface area contributed by atoms with Crippen LogP contribution in [0, 0.1) is 25.7 Å². The van der Waals surface area contributed by atoms with Crippen LogP contribution in [0.1, 0.15) is 36.4 Å². The summed E-state index contributed by atoms with van der Waals surface area (Å²) in [6, 6.07) is -0.487. The van der Waals surface area contributed by atoms with Crippen LogP contribution < -0.4 is 33.1 Å². The van der Waals surface area contributed by atoms with Crippen molar-refractivity contribution < 1.29 is 24.5 Å². The van der Waals surface area contributed by atoms with E-state index in [1.54, 1.807) is 13.8 Å². The summed E-state index contributed by atoms with van der Waals surface area (Å²) < 4.78 is 14.1. The second-order valence-corrected chi connectivity index (χ2v) is 9.66. The van der Waals surface area contributed by atoms with Gasteiger partial charge in [-0.1, -0.05) is 0 Å². The first kappa shape index (κ1) is 27.5. The molecule has 2 amide bonds. The third kappa shape index (κ3) is 5.80. The van der Waals surface area contributed by atoms with Gasteiger partial charge >= 0.3 is 17.4 Å². The second kappa shape index (κ2) is 11.5. The quantitative estimate of drug-likeness (QED) is 0.216. The highest BCUT2D eigenvalue weighted by atomic mass is 16.5. The number of aromatic nitrogens is 4. The van der Waals surface area contributed by atoms with Crippen LogP contribution in [-0.4, -0.2) is 73.9 Å². The first-order chi connectivity index (χ1) is 18.1. The van der Waals surface area contributed by atoms with Gasteiger partial charge in [0.1, 0.15) is 12.5 Å². The summed E-state index contributed by atoms with van der Waals surface area (Å²) in [6.07, 6.45) is 0.803. The van der Waals surface area contributed by atoms with Gasteiger partial charge in [0.05, 0.1) is 25.4 Å². The molecule has 2 saturated heterocycles. The van der Waals surface area contributed by atoms with Gasteiger partial charge in [-0.25, -0.2) is 14.4 Å². The zero-order valence-corrected chi connectivity index (χ0v) is 21.0. The van der Waals surface area contributed by atoms with Gasteiger partial charge in [0.25, 0.3) is 11.1 Å². The summed E-state index contributed by atoms with van der Waals surface area (Å²) >= 11 is 0. The van der Waals surface area contributed by atoms with Crippen molar-refractivity contribution in [1.29, 1.82) is 0 Å². The number of urea groups is 1. The average Bonchev–Trinajstić information content (AvgIpc) is 3.49. The molecule has 2 aliphatic rings. The van der Waals surface area contributed by atoms with Gasteiger partial charge in [-0.2, -0.15) is 0 Å². The monoisotopic (exact) mass is 536 g/mol. The Kier molecular flexibility index (Phi) is 8.30. The summed E-state index contributed by atoms with van der Waals surface area (Å²) in [4.78, 5) is 64.6. The Bertz CT molecular complexity index is 1290. The van der Waals surface area contributed by atoms with Gasteiger partial charge < -0.3 is 30.3 Å². The first-order valence-corrected chi connectivity index (χ1v) is 12.3. The molecule has 0 radical (unpaired) electrons. The molecule has 6 atom stereocenters. The number of H-pyrrole nitrogens is 2. The number of aliphatic hydroxyl groups excluding tert-OH is 2. The van der Waals surface area contributed by atoms with Crippen molar-refractivity contribution in [3.05, 3.63) is 65.2 Å². The molecule has 6 N–H and O–H groups in total. The Morgan fingerprint density at radius 2 is 1.24 bits per heavy atom. The lowest BCUT2D eigenvalue weighted by Gasteiger charge is -2.18. The molecule has 0 bridgehead atoms. The molecule has 4 heterocycles.